The van der Waals surface area contributed by atoms with Crippen LogP contribution in [-0.4, -0.2) is 19.7 Å². The highest BCUT2D eigenvalue weighted by Gasteiger charge is 1.98. The topological polar surface area (TPSA) is 35.5 Å². The minimum atomic E-state index is -0.111. The van der Waals surface area contributed by atoms with Crippen molar-refractivity contribution in [2.75, 3.05) is 13.7 Å². The number of hydrogen-bond acceptors (Lipinski definition) is 3. The minimum absolute atomic E-state index is 0.111. The van der Waals surface area contributed by atoms with Gasteiger partial charge in [0.25, 0.3) is 0 Å². The van der Waals surface area contributed by atoms with Crippen molar-refractivity contribution in [1.29, 1.82) is 0 Å². The number of carbonyl (C=O) groups excluding carboxylic acids is 1. The lowest BCUT2D eigenvalue weighted by atomic mass is 10.1. The van der Waals surface area contributed by atoms with Gasteiger partial charge in [-0.15, -0.1) is 0 Å². The summed E-state index contributed by atoms with van der Waals surface area (Å²) >= 11 is 5.06. The second kappa shape index (κ2) is 10.8. The smallest absolute Gasteiger partial charge is 0.305 e. The van der Waals surface area contributed by atoms with Gasteiger partial charge in [0.1, 0.15) is 0 Å². The molecule has 0 aromatic carbocycles. The van der Waals surface area contributed by atoms with Crippen molar-refractivity contribution in [1.82, 2.24) is 0 Å². The van der Waals surface area contributed by atoms with Crippen LogP contribution in [0.15, 0.2) is 0 Å². The third-order valence-electron chi connectivity index (χ3n) is 2.08. The fourth-order valence-electron chi connectivity index (χ4n) is 1.24. The molecule has 0 heterocycles. The van der Waals surface area contributed by atoms with Gasteiger partial charge in [-0.3, -0.25) is 9.08 Å². The molecule has 4 heteroatoms. The predicted octanol–water partition coefficient (Wildman–Crippen LogP) is 3.06. The Hall–Kier alpha value is -0.280. The molecule has 0 fully saturated rings. The Bertz CT molecular complexity index is 139. The van der Waals surface area contributed by atoms with Gasteiger partial charge in [-0.2, -0.15) is 0 Å². The summed E-state index contributed by atoms with van der Waals surface area (Å²) < 4.78 is 8.97. The van der Waals surface area contributed by atoms with Crippen LogP contribution in [0.25, 0.3) is 0 Å². The zero-order valence-electron chi connectivity index (χ0n) is 8.76. The first kappa shape index (κ1) is 13.7. The number of hydrogen-bond donors (Lipinski definition) is 0. The van der Waals surface area contributed by atoms with Crippen molar-refractivity contribution in [2.24, 2.45) is 0 Å². The number of rotatable bonds is 9. The van der Waals surface area contributed by atoms with Crippen molar-refractivity contribution in [3.8, 4) is 0 Å². The quantitative estimate of drug-likeness (QED) is 0.444. The Morgan fingerprint density at radius 2 is 1.64 bits per heavy atom. The van der Waals surface area contributed by atoms with E-state index in [2.05, 4.69) is 9.03 Å². The monoisotopic (exact) mass is 222 g/mol. The van der Waals surface area contributed by atoms with Gasteiger partial charge in [-0.1, -0.05) is 25.7 Å². The molecule has 0 rings (SSSR count). The zero-order chi connectivity index (χ0) is 10.6. The van der Waals surface area contributed by atoms with Crippen LogP contribution in [0.3, 0.4) is 0 Å². The van der Waals surface area contributed by atoms with Gasteiger partial charge in [-0.25, -0.2) is 0 Å². The first-order chi connectivity index (χ1) is 6.81. The standard InChI is InChI=1S/C10H19ClO3/c1-13-10(12)8-6-4-2-3-5-7-9-14-11/h2-9H2,1H3. The molecular formula is C10H19ClO3. The largest absolute Gasteiger partial charge is 0.469 e. The Morgan fingerprint density at radius 3 is 2.21 bits per heavy atom. The lowest BCUT2D eigenvalue weighted by molar-refractivity contribution is -0.140. The predicted molar refractivity (Wildman–Crippen MR) is 56.1 cm³/mol. The second-order valence-electron chi connectivity index (χ2n) is 3.26. The van der Waals surface area contributed by atoms with Gasteiger partial charge in [0.2, 0.25) is 0 Å². The maximum atomic E-state index is 10.7. The van der Waals surface area contributed by atoms with E-state index < -0.39 is 0 Å². The number of methoxy groups -OCH3 is 1. The zero-order valence-corrected chi connectivity index (χ0v) is 9.52. The molecule has 3 nitrogen and oxygen atoms in total. The van der Waals surface area contributed by atoms with Crippen LogP contribution in [-0.2, 0) is 13.8 Å². The molecule has 0 aromatic rings. The highest BCUT2D eigenvalue weighted by molar-refractivity contribution is 6.07. The number of esters is 1. The fourth-order valence-corrected chi connectivity index (χ4v) is 1.34. The van der Waals surface area contributed by atoms with E-state index in [1.807, 2.05) is 0 Å². The lowest BCUT2D eigenvalue weighted by Gasteiger charge is -2.00. The van der Waals surface area contributed by atoms with Crippen LogP contribution >= 0.6 is 11.9 Å². The molecule has 0 saturated heterocycles. The van der Waals surface area contributed by atoms with Crippen molar-refractivity contribution in [2.45, 2.75) is 44.9 Å². The summed E-state index contributed by atoms with van der Waals surface area (Å²) in [6.45, 7) is 0.629. The van der Waals surface area contributed by atoms with E-state index in [-0.39, 0.29) is 5.97 Å². The molecule has 0 unspecified atom stereocenters. The molecule has 0 spiro atoms. The summed E-state index contributed by atoms with van der Waals surface area (Å²) in [5, 5.41) is 0. The number of ether oxygens (including phenoxy) is 1. The minimum Gasteiger partial charge on any atom is -0.469 e. The number of unbranched alkanes of at least 4 members (excludes halogenated alkanes) is 5. The van der Waals surface area contributed by atoms with Crippen molar-refractivity contribution < 1.29 is 13.8 Å². The van der Waals surface area contributed by atoms with Gasteiger partial charge >= 0.3 is 5.97 Å². The van der Waals surface area contributed by atoms with E-state index >= 15 is 0 Å². The molecule has 0 N–H and O–H groups in total. The third kappa shape index (κ3) is 9.81. The molecule has 0 saturated carbocycles. The van der Waals surface area contributed by atoms with E-state index in [1.54, 1.807) is 0 Å². The highest BCUT2D eigenvalue weighted by Crippen LogP contribution is 2.07. The molecule has 0 aliphatic rings. The third-order valence-corrected chi connectivity index (χ3v) is 2.23. The fraction of sp³-hybridized carbons (Fsp3) is 0.900. The summed E-state index contributed by atoms with van der Waals surface area (Å²) in [5.74, 6) is -0.111. The van der Waals surface area contributed by atoms with Crippen LogP contribution in [0.2, 0.25) is 0 Å². The van der Waals surface area contributed by atoms with E-state index in [4.69, 9.17) is 11.9 Å². The van der Waals surface area contributed by atoms with Gasteiger partial charge in [0.15, 0.2) is 0 Å². The Morgan fingerprint density at radius 1 is 1.07 bits per heavy atom. The van der Waals surface area contributed by atoms with Crippen LogP contribution in [0.5, 0.6) is 0 Å². The average molecular weight is 223 g/mol. The summed E-state index contributed by atoms with van der Waals surface area (Å²) in [7, 11) is 1.43. The Labute approximate surface area is 90.9 Å². The molecule has 14 heavy (non-hydrogen) atoms. The van der Waals surface area contributed by atoms with E-state index in [9.17, 15) is 4.79 Å². The summed E-state index contributed by atoms with van der Waals surface area (Å²) in [6, 6.07) is 0. The van der Waals surface area contributed by atoms with Crippen molar-refractivity contribution >= 4 is 17.8 Å². The molecular weight excluding hydrogens is 204 g/mol. The molecule has 0 amide bonds. The maximum absolute atomic E-state index is 10.7. The SMILES string of the molecule is COC(=O)CCCCCCCCOCl. The Kier molecular flexibility index (Phi) is 10.6. The van der Waals surface area contributed by atoms with Gasteiger partial charge in [-0.05, 0) is 12.8 Å². The molecule has 0 atom stereocenters. The first-order valence-corrected chi connectivity index (χ1v) is 5.42. The van der Waals surface area contributed by atoms with Crippen LogP contribution in [0, 0.1) is 0 Å². The lowest BCUT2D eigenvalue weighted by Crippen LogP contribution is -1.99. The Balaban J connectivity index is 2.95. The maximum Gasteiger partial charge on any atom is 0.305 e. The normalized spacial score (nSPS) is 10.1. The van der Waals surface area contributed by atoms with Crippen molar-refractivity contribution in [3.05, 3.63) is 0 Å². The van der Waals surface area contributed by atoms with E-state index in [1.165, 1.54) is 20.0 Å². The van der Waals surface area contributed by atoms with Gasteiger partial charge in [0, 0.05) is 6.42 Å². The molecule has 84 valence electrons. The van der Waals surface area contributed by atoms with Crippen LogP contribution in [0.4, 0.5) is 0 Å². The molecule has 0 aliphatic carbocycles. The average Bonchev–Trinajstić information content (AvgIpc) is 2.21. The van der Waals surface area contributed by atoms with Gasteiger partial charge < -0.3 is 4.74 Å². The molecule has 0 aromatic heterocycles. The summed E-state index contributed by atoms with van der Waals surface area (Å²) in [4.78, 5) is 10.7. The number of carbonyl (C=O) groups is 1. The summed E-state index contributed by atoms with van der Waals surface area (Å²) in [6.07, 6.45) is 7.07. The summed E-state index contributed by atoms with van der Waals surface area (Å²) in [5.41, 5.74) is 0. The molecule has 0 aliphatic heterocycles. The van der Waals surface area contributed by atoms with Crippen molar-refractivity contribution in [3.63, 3.8) is 0 Å². The van der Waals surface area contributed by atoms with Gasteiger partial charge in [0.05, 0.1) is 25.6 Å². The molecule has 0 bridgehead atoms. The first-order valence-electron chi connectivity index (χ1n) is 5.11. The highest BCUT2D eigenvalue weighted by atomic mass is 35.5. The van der Waals surface area contributed by atoms with E-state index in [0.29, 0.717) is 13.0 Å². The van der Waals surface area contributed by atoms with Crippen LogP contribution in [0.1, 0.15) is 44.9 Å². The second-order valence-corrected chi connectivity index (χ2v) is 3.48. The van der Waals surface area contributed by atoms with Crippen LogP contribution < -0.4 is 0 Å². The van der Waals surface area contributed by atoms with E-state index in [0.717, 1.165) is 25.7 Å². The number of halogens is 1. The molecule has 0 radical (unpaired) electrons.